The van der Waals surface area contributed by atoms with E-state index in [2.05, 4.69) is 6.92 Å². The topological polar surface area (TPSA) is 34.1 Å². The lowest BCUT2D eigenvalue weighted by molar-refractivity contribution is 0.508. The highest BCUT2D eigenvalue weighted by Crippen LogP contribution is 2.48. The van der Waals surface area contributed by atoms with Gasteiger partial charge < -0.3 is 0 Å². The molecule has 0 saturated heterocycles. The third-order valence-electron chi connectivity index (χ3n) is 2.27. The minimum absolute atomic E-state index is 0.129. The van der Waals surface area contributed by atoms with Gasteiger partial charge >= 0.3 is 0 Å². The zero-order valence-electron chi connectivity index (χ0n) is 6.64. The van der Waals surface area contributed by atoms with Gasteiger partial charge in [-0.1, -0.05) is 6.92 Å². The fourth-order valence-corrected chi connectivity index (χ4v) is 1.95. The van der Waals surface area contributed by atoms with E-state index in [1.54, 1.807) is 0 Å². The second-order valence-corrected chi connectivity index (χ2v) is 6.55. The first-order valence-corrected chi connectivity index (χ1v) is 6.32. The molecular weight excluding hydrogens is 184 g/mol. The van der Waals surface area contributed by atoms with Crippen molar-refractivity contribution in [2.24, 2.45) is 5.41 Å². The number of hydrogen-bond acceptors (Lipinski definition) is 2. The Kier molecular flexibility index (Phi) is 2.49. The van der Waals surface area contributed by atoms with Crippen LogP contribution in [0.3, 0.4) is 0 Å². The molecule has 0 spiro atoms. The Hall–Kier alpha value is 0.240. The van der Waals surface area contributed by atoms with Gasteiger partial charge in [0.15, 0.2) is 0 Å². The summed E-state index contributed by atoms with van der Waals surface area (Å²) < 4.78 is 21.0. The zero-order chi connectivity index (χ0) is 8.54. The highest BCUT2D eigenvalue weighted by molar-refractivity contribution is 8.13. The fourth-order valence-electron chi connectivity index (χ4n) is 1.13. The summed E-state index contributed by atoms with van der Waals surface area (Å²) in [6, 6.07) is 0. The normalized spacial score (nSPS) is 21.6. The molecule has 0 atom stereocenters. The molecule has 1 saturated carbocycles. The minimum atomic E-state index is -3.25. The highest BCUT2D eigenvalue weighted by Gasteiger charge is 2.36. The molecule has 1 fully saturated rings. The van der Waals surface area contributed by atoms with Gasteiger partial charge in [0.25, 0.3) is 0 Å². The first-order valence-electron chi connectivity index (χ1n) is 3.84. The summed E-state index contributed by atoms with van der Waals surface area (Å²) in [6.45, 7) is 2.19. The van der Waals surface area contributed by atoms with Crippen LogP contribution in [-0.4, -0.2) is 14.2 Å². The lowest BCUT2D eigenvalue weighted by Gasteiger charge is -2.04. The van der Waals surface area contributed by atoms with Gasteiger partial charge in [-0.2, -0.15) is 0 Å². The maximum atomic E-state index is 10.5. The van der Waals surface area contributed by atoms with Crippen molar-refractivity contribution in [3.63, 3.8) is 0 Å². The van der Waals surface area contributed by atoms with Crippen LogP contribution in [-0.2, 0) is 9.05 Å². The predicted octanol–water partition coefficient (Wildman–Crippen LogP) is 2.14. The average molecular weight is 197 g/mol. The largest absolute Gasteiger partial charge is 0.232 e. The van der Waals surface area contributed by atoms with Gasteiger partial charge in [0.2, 0.25) is 9.05 Å². The SMILES string of the molecule is CC1(CCCS(=O)(=O)Cl)CC1. The molecule has 0 bridgehead atoms. The van der Waals surface area contributed by atoms with Crippen LogP contribution in [0.25, 0.3) is 0 Å². The van der Waals surface area contributed by atoms with Crippen molar-refractivity contribution in [1.82, 2.24) is 0 Å². The first kappa shape index (κ1) is 9.33. The molecule has 0 heterocycles. The van der Waals surface area contributed by atoms with Crippen molar-refractivity contribution in [3.8, 4) is 0 Å². The Bertz CT molecular complexity index is 229. The Morgan fingerprint density at radius 1 is 1.45 bits per heavy atom. The predicted molar refractivity (Wildman–Crippen MR) is 46.2 cm³/mol. The van der Waals surface area contributed by atoms with Crippen molar-refractivity contribution < 1.29 is 8.42 Å². The molecule has 0 aromatic rings. The zero-order valence-corrected chi connectivity index (χ0v) is 8.21. The highest BCUT2D eigenvalue weighted by atomic mass is 35.7. The Balaban J connectivity index is 2.15. The quantitative estimate of drug-likeness (QED) is 0.646. The molecule has 11 heavy (non-hydrogen) atoms. The van der Waals surface area contributed by atoms with E-state index < -0.39 is 9.05 Å². The minimum Gasteiger partial charge on any atom is -0.212 e. The molecule has 1 aliphatic rings. The summed E-state index contributed by atoms with van der Waals surface area (Å²) in [5, 5.41) is 0. The lowest BCUT2D eigenvalue weighted by Crippen LogP contribution is -2.00. The van der Waals surface area contributed by atoms with Gasteiger partial charge in [-0.25, -0.2) is 8.42 Å². The molecule has 0 aromatic heterocycles. The summed E-state index contributed by atoms with van der Waals surface area (Å²) in [6.07, 6.45) is 4.20. The summed E-state index contributed by atoms with van der Waals surface area (Å²) >= 11 is 0. The van der Waals surface area contributed by atoms with Crippen molar-refractivity contribution in [2.45, 2.75) is 32.6 Å². The van der Waals surface area contributed by atoms with Crippen LogP contribution in [0.2, 0.25) is 0 Å². The van der Waals surface area contributed by atoms with E-state index in [4.69, 9.17) is 10.7 Å². The van der Waals surface area contributed by atoms with E-state index in [9.17, 15) is 8.42 Å². The molecule has 0 N–H and O–H groups in total. The van der Waals surface area contributed by atoms with Crippen LogP contribution < -0.4 is 0 Å². The third kappa shape index (κ3) is 3.97. The van der Waals surface area contributed by atoms with E-state index in [0.29, 0.717) is 11.8 Å². The molecule has 66 valence electrons. The van der Waals surface area contributed by atoms with Crippen LogP contribution in [0.15, 0.2) is 0 Å². The van der Waals surface area contributed by atoms with E-state index >= 15 is 0 Å². The van der Waals surface area contributed by atoms with Crippen molar-refractivity contribution in [3.05, 3.63) is 0 Å². The molecular formula is C7H13ClO2S. The fraction of sp³-hybridized carbons (Fsp3) is 1.00. The third-order valence-corrected chi connectivity index (χ3v) is 3.51. The van der Waals surface area contributed by atoms with Gasteiger partial charge in [0, 0.05) is 10.7 Å². The second-order valence-electron chi connectivity index (χ2n) is 3.66. The Morgan fingerprint density at radius 2 is 2.00 bits per heavy atom. The van der Waals surface area contributed by atoms with Crippen LogP contribution in [0.1, 0.15) is 32.6 Å². The van der Waals surface area contributed by atoms with Crippen molar-refractivity contribution >= 4 is 19.7 Å². The summed E-state index contributed by atoms with van der Waals surface area (Å²) in [5.41, 5.74) is 0.446. The first-order chi connectivity index (χ1) is 4.91. The van der Waals surface area contributed by atoms with E-state index in [1.165, 1.54) is 12.8 Å². The maximum absolute atomic E-state index is 10.5. The van der Waals surface area contributed by atoms with Gasteiger partial charge in [-0.3, -0.25) is 0 Å². The number of halogens is 1. The van der Waals surface area contributed by atoms with Crippen molar-refractivity contribution in [2.75, 3.05) is 5.75 Å². The summed E-state index contributed by atoms with van der Waals surface area (Å²) in [7, 11) is 1.81. The van der Waals surface area contributed by atoms with Crippen molar-refractivity contribution in [1.29, 1.82) is 0 Å². The lowest BCUT2D eigenvalue weighted by atomic mass is 10.0. The molecule has 0 radical (unpaired) electrons. The molecule has 1 aliphatic carbocycles. The van der Waals surface area contributed by atoms with Crippen LogP contribution in [0.5, 0.6) is 0 Å². The van der Waals surface area contributed by atoms with Gasteiger partial charge in [-0.05, 0) is 31.1 Å². The molecule has 0 unspecified atom stereocenters. The molecule has 0 aromatic carbocycles. The van der Waals surface area contributed by atoms with E-state index in [0.717, 1.165) is 6.42 Å². The smallest absolute Gasteiger partial charge is 0.212 e. The molecule has 4 heteroatoms. The van der Waals surface area contributed by atoms with Gasteiger partial charge in [-0.15, -0.1) is 0 Å². The molecule has 2 nitrogen and oxygen atoms in total. The standard InChI is InChI=1S/C7H13ClO2S/c1-7(4-5-7)3-2-6-11(8,9)10/h2-6H2,1H3. The number of rotatable bonds is 4. The summed E-state index contributed by atoms with van der Waals surface area (Å²) in [4.78, 5) is 0. The van der Waals surface area contributed by atoms with Crippen LogP contribution >= 0.6 is 10.7 Å². The summed E-state index contributed by atoms with van der Waals surface area (Å²) in [5.74, 6) is 0.129. The molecule has 0 amide bonds. The van der Waals surface area contributed by atoms with Gasteiger partial charge in [0.1, 0.15) is 0 Å². The number of hydrogen-bond donors (Lipinski definition) is 0. The van der Waals surface area contributed by atoms with E-state index in [1.807, 2.05) is 0 Å². The van der Waals surface area contributed by atoms with Crippen LogP contribution in [0.4, 0.5) is 0 Å². The maximum Gasteiger partial charge on any atom is 0.232 e. The van der Waals surface area contributed by atoms with Crippen LogP contribution in [0, 0.1) is 5.41 Å². The monoisotopic (exact) mass is 196 g/mol. The Morgan fingerprint density at radius 3 is 2.36 bits per heavy atom. The Labute approximate surface area is 72.4 Å². The van der Waals surface area contributed by atoms with E-state index in [-0.39, 0.29) is 5.75 Å². The second kappa shape index (κ2) is 2.94. The molecule has 0 aliphatic heterocycles. The van der Waals surface area contributed by atoms with Gasteiger partial charge in [0.05, 0.1) is 5.75 Å². The molecule has 1 rings (SSSR count). The average Bonchev–Trinajstić information content (AvgIpc) is 2.44.